The number of aromatic nitrogens is 2. The van der Waals surface area contributed by atoms with Crippen molar-refractivity contribution in [3.05, 3.63) is 25.2 Å². The van der Waals surface area contributed by atoms with Crippen LogP contribution in [0.25, 0.3) is 0 Å². The maximum Gasteiger partial charge on any atom is 0.267 e. The van der Waals surface area contributed by atoms with E-state index in [1.165, 1.54) is 24.8 Å². The van der Waals surface area contributed by atoms with Gasteiger partial charge < -0.3 is 0 Å². The molecule has 0 unspecified atom stereocenters. The van der Waals surface area contributed by atoms with Gasteiger partial charge in [0.25, 0.3) is 5.56 Å². The summed E-state index contributed by atoms with van der Waals surface area (Å²) in [6.45, 7) is 0. The van der Waals surface area contributed by atoms with Gasteiger partial charge in [-0.2, -0.15) is 5.10 Å². The van der Waals surface area contributed by atoms with Crippen LogP contribution in [0.3, 0.4) is 0 Å². The van der Waals surface area contributed by atoms with Gasteiger partial charge in [-0.25, -0.2) is 5.10 Å². The number of hydrogen-bond acceptors (Lipinski definition) is 2. The predicted octanol–water partition coefficient (Wildman–Crippen LogP) is 2.03. The fraction of sp³-hybridized carbons (Fsp3) is 0.600. The molecular weight excluding hydrogens is 291 g/mol. The lowest BCUT2D eigenvalue weighted by atomic mass is 9.96. The fourth-order valence-corrected chi connectivity index (χ4v) is 2.69. The molecule has 1 N–H and O–H groups in total. The lowest BCUT2D eigenvalue weighted by Crippen LogP contribution is -2.20. The summed E-state index contributed by atoms with van der Waals surface area (Å²) in [6, 6.07) is 0. The number of aromatic amines is 1. The highest BCUT2D eigenvalue weighted by atomic mass is 127. The highest BCUT2D eigenvalue weighted by molar-refractivity contribution is 14.1. The van der Waals surface area contributed by atoms with Crippen LogP contribution in [-0.2, 0) is 12.8 Å². The second-order valence-electron chi connectivity index (χ2n) is 3.71. The Bertz CT molecular complexity index is 386. The molecule has 2 rings (SSSR count). The minimum Gasteiger partial charge on any atom is -0.268 e. The van der Waals surface area contributed by atoms with Gasteiger partial charge in [0.05, 0.1) is 0 Å². The molecule has 0 radical (unpaired) electrons. The molecule has 1 aromatic heterocycles. The molecule has 0 aromatic carbocycles. The highest BCUT2D eigenvalue weighted by Gasteiger charge is 2.13. The molecule has 0 atom stereocenters. The Hall–Kier alpha value is -0.390. The van der Waals surface area contributed by atoms with Gasteiger partial charge in [-0.1, -0.05) is 12.8 Å². The molecule has 3 nitrogen and oxygen atoms in total. The van der Waals surface area contributed by atoms with Crippen molar-refractivity contribution in [2.75, 3.05) is 0 Å². The topological polar surface area (TPSA) is 45.8 Å². The van der Waals surface area contributed by atoms with Gasteiger partial charge in [0.15, 0.2) is 0 Å². The average molecular weight is 304 g/mol. The Morgan fingerprint density at radius 3 is 2.43 bits per heavy atom. The van der Waals surface area contributed by atoms with E-state index in [1.807, 2.05) is 0 Å². The van der Waals surface area contributed by atoms with E-state index in [0.717, 1.165) is 28.5 Å². The Labute approximate surface area is 96.4 Å². The summed E-state index contributed by atoms with van der Waals surface area (Å²) < 4.78 is 0.971. The van der Waals surface area contributed by atoms with Crippen molar-refractivity contribution in [2.24, 2.45) is 0 Å². The van der Waals surface area contributed by atoms with Crippen LogP contribution in [-0.4, -0.2) is 10.2 Å². The first-order chi connectivity index (χ1) is 6.79. The Kier molecular flexibility index (Phi) is 3.20. The quantitative estimate of drug-likeness (QED) is 0.746. The molecule has 14 heavy (non-hydrogen) atoms. The number of H-pyrrole nitrogens is 1. The molecule has 4 heteroatoms. The number of rotatable bonds is 0. The zero-order chi connectivity index (χ0) is 9.97. The molecule has 76 valence electrons. The van der Waals surface area contributed by atoms with E-state index in [2.05, 4.69) is 32.8 Å². The van der Waals surface area contributed by atoms with E-state index >= 15 is 0 Å². The smallest absolute Gasteiger partial charge is 0.267 e. The molecule has 1 aliphatic rings. The molecule has 1 aliphatic carbocycles. The molecule has 0 aliphatic heterocycles. The van der Waals surface area contributed by atoms with Gasteiger partial charge in [0.1, 0.15) is 3.70 Å². The third-order valence-corrected chi connectivity index (χ3v) is 3.64. The van der Waals surface area contributed by atoms with Crippen LogP contribution in [0.4, 0.5) is 0 Å². The van der Waals surface area contributed by atoms with Crippen molar-refractivity contribution < 1.29 is 0 Å². The van der Waals surface area contributed by atoms with Crippen LogP contribution >= 0.6 is 22.6 Å². The van der Waals surface area contributed by atoms with E-state index in [1.54, 1.807) is 0 Å². The molecule has 0 saturated carbocycles. The molecule has 0 bridgehead atoms. The van der Waals surface area contributed by atoms with Gasteiger partial charge in [-0.15, -0.1) is 0 Å². The number of halogens is 1. The second kappa shape index (κ2) is 4.42. The third kappa shape index (κ3) is 1.99. The van der Waals surface area contributed by atoms with Crippen molar-refractivity contribution in [1.29, 1.82) is 0 Å². The molecule has 0 fully saturated rings. The van der Waals surface area contributed by atoms with E-state index in [4.69, 9.17) is 0 Å². The van der Waals surface area contributed by atoms with Crippen LogP contribution in [0.1, 0.15) is 36.8 Å². The van der Waals surface area contributed by atoms with Gasteiger partial charge in [-0.05, 0) is 53.8 Å². The maximum absolute atomic E-state index is 11.6. The van der Waals surface area contributed by atoms with Crippen LogP contribution in [0.2, 0.25) is 0 Å². The Balaban J connectivity index is 2.48. The number of hydrogen-bond donors (Lipinski definition) is 1. The Morgan fingerprint density at radius 2 is 1.71 bits per heavy atom. The zero-order valence-electron chi connectivity index (χ0n) is 7.98. The average Bonchev–Trinajstić information content (AvgIpc) is 2.11. The van der Waals surface area contributed by atoms with Crippen molar-refractivity contribution in [2.45, 2.75) is 38.5 Å². The van der Waals surface area contributed by atoms with E-state index in [0.29, 0.717) is 0 Å². The number of fused-ring (bicyclic) bond motifs is 1. The van der Waals surface area contributed by atoms with E-state index in [-0.39, 0.29) is 5.56 Å². The third-order valence-electron chi connectivity index (χ3n) is 2.75. The standard InChI is InChI=1S/C10H13IN2O/c11-9-7-5-3-1-2-4-6-8(7)10(14)13-12-9/h1-6H2,(H,13,14). The minimum atomic E-state index is 0.0160. The molecular formula is C10H13IN2O. The normalized spacial score (nSPS) is 16.9. The first-order valence-corrected chi connectivity index (χ1v) is 6.13. The first kappa shape index (κ1) is 10.1. The SMILES string of the molecule is O=c1[nH]nc(I)c2c1CCCCCC2. The summed E-state index contributed by atoms with van der Waals surface area (Å²) in [5.41, 5.74) is 2.18. The van der Waals surface area contributed by atoms with Crippen LogP contribution in [0, 0.1) is 3.70 Å². The predicted molar refractivity (Wildman–Crippen MR) is 63.5 cm³/mol. The van der Waals surface area contributed by atoms with Crippen molar-refractivity contribution in [3.8, 4) is 0 Å². The van der Waals surface area contributed by atoms with Crippen LogP contribution < -0.4 is 5.56 Å². The Morgan fingerprint density at radius 1 is 1.07 bits per heavy atom. The molecule has 0 saturated heterocycles. The maximum atomic E-state index is 11.6. The lowest BCUT2D eigenvalue weighted by Gasteiger charge is -2.12. The van der Waals surface area contributed by atoms with Gasteiger partial charge in [0, 0.05) is 5.56 Å². The van der Waals surface area contributed by atoms with Crippen LogP contribution in [0.15, 0.2) is 4.79 Å². The van der Waals surface area contributed by atoms with Gasteiger partial charge in [0.2, 0.25) is 0 Å². The highest BCUT2D eigenvalue weighted by Crippen LogP contribution is 2.19. The molecule has 1 heterocycles. The first-order valence-electron chi connectivity index (χ1n) is 5.05. The van der Waals surface area contributed by atoms with Crippen molar-refractivity contribution >= 4 is 22.6 Å². The van der Waals surface area contributed by atoms with Crippen molar-refractivity contribution in [3.63, 3.8) is 0 Å². The summed E-state index contributed by atoms with van der Waals surface area (Å²) in [4.78, 5) is 11.6. The summed E-state index contributed by atoms with van der Waals surface area (Å²) in [7, 11) is 0. The molecule has 0 spiro atoms. The van der Waals surface area contributed by atoms with Gasteiger partial charge >= 0.3 is 0 Å². The van der Waals surface area contributed by atoms with E-state index in [9.17, 15) is 4.79 Å². The van der Waals surface area contributed by atoms with Crippen LogP contribution in [0.5, 0.6) is 0 Å². The summed E-state index contributed by atoms with van der Waals surface area (Å²) in [5.74, 6) is 0. The van der Waals surface area contributed by atoms with Gasteiger partial charge in [-0.3, -0.25) is 4.79 Å². The summed E-state index contributed by atoms with van der Waals surface area (Å²) >= 11 is 2.21. The number of nitrogens with one attached hydrogen (secondary N) is 1. The number of nitrogens with zero attached hydrogens (tertiary/aromatic N) is 1. The van der Waals surface area contributed by atoms with Crippen molar-refractivity contribution in [1.82, 2.24) is 10.2 Å². The second-order valence-corrected chi connectivity index (χ2v) is 4.74. The zero-order valence-corrected chi connectivity index (χ0v) is 10.1. The molecule has 1 aromatic rings. The largest absolute Gasteiger partial charge is 0.268 e. The fourth-order valence-electron chi connectivity index (χ4n) is 1.97. The molecule has 0 amide bonds. The van der Waals surface area contributed by atoms with E-state index < -0.39 is 0 Å². The lowest BCUT2D eigenvalue weighted by molar-refractivity contribution is 0.606. The minimum absolute atomic E-state index is 0.0160. The summed E-state index contributed by atoms with van der Waals surface area (Å²) in [6.07, 6.45) is 6.79. The monoisotopic (exact) mass is 304 g/mol. The summed E-state index contributed by atoms with van der Waals surface area (Å²) in [5, 5.41) is 6.58.